The second-order valence-corrected chi connectivity index (χ2v) is 8.83. The maximum atomic E-state index is 13.1. The average Bonchev–Trinajstić information content (AvgIpc) is 3.04. The van der Waals surface area contributed by atoms with Crippen LogP contribution < -0.4 is 9.47 Å². The molecule has 1 unspecified atom stereocenters. The molecule has 0 saturated carbocycles. The van der Waals surface area contributed by atoms with Crippen LogP contribution in [0.25, 0.3) is 5.76 Å². The van der Waals surface area contributed by atoms with Gasteiger partial charge in [-0.25, -0.2) is 0 Å². The Morgan fingerprint density at radius 3 is 2.26 bits per heavy atom. The highest BCUT2D eigenvalue weighted by Crippen LogP contribution is 2.40. The first-order valence-corrected chi connectivity index (χ1v) is 11.5. The zero-order chi connectivity index (χ0) is 25.0. The lowest BCUT2D eigenvalue weighted by molar-refractivity contribution is -0.140. The van der Waals surface area contributed by atoms with Gasteiger partial charge in [-0.05, 0) is 76.1 Å². The normalized spacial score (nSPS) is 17.6. The highest BCUT2D eigenvalue weighted by molar-refractivity contribution is 6.46. The number of hydrogen-bond donors (Lipinski definition) is 1. The van der Waals surface area contributed by atoms with Gasteiger partial charge in [-0.3, -0.25) is 9.59 Å². The van der Waals surface area contributed by atoms with Crippen LogP contribution in [0, 0.1) is 6.92 Å². The van der Waals surface area contributed by atoms with E-state index < -0.39 is 17.7 Å². The van der Waals surface area contributed by atoms with Crippen molar-refractivity contribution in [1.82, 2.24) is 4.90 Å². The molecule has 1 amide bonds. The van der Waals surface area contributed by atoms with Gasteiger partial charge in [0.1, 0.15) is 17.3 Å². The zero-order valence-corrected chi connectivity index (χ0v) is 20.6. The van der Waals surface area contributed by atoms with Crippen LogP contribution in [0.3, 0.4) is 0 Å². The Hall–Kier alpha value is -3.32. The third-order valence-electron chi connectivity index (χ3n) is 5.57. The minimum atomic E-state index is -0.742. The van der Waals surface area contributed by atoms with E-state index in [4.69, 9.17) is 14.2 Å². The summed E-state index contributed by atoms with van der Waals surface area (Å²) in [5, 5.41) is 11.3. The van der Waals surface area contributed by atoms with Crippen molar-refractivity contribution in [3.05, 3.63) is 64.7 Å². The van der Waals surface area contributed by atoms with Gasteiger partial charge in [0.2, 0.25) is 0 Å². The van der Waals surface area contributed by atoms with E-state index >= 15 is 0 Å². The number of carbonyl (C=O) groups excluding carboxylic acids is 2. The molecule has 2 aromatic carbocycles. The third kappa shape index (κ3) is 5.42. The molecule has 0 bridgehead atoms. The molecule has 1 N–H and O–H groups in total. The largest absolute Gasteiger partial charge is 0.507 e. The molecule has 182 valence electrons. The summed E-state index contributed by atoms with van der Waals surface area (Å²) in [6.07, 6.45) is -0.00240. The van der Waals surface area contributed by atoms with E-state index in [1.807, 2.05) is 34.6 Å². The number of carbonyl (C=O) groups is 2. The standard InChI is InChI=1S/C27H33NO6/c1-16(2)33-14-13-28-24(19-7-10-21(32-6)11-8-19)23(26(30)27(28)31)25(29)20-9-12-22(18(5)15-20)34-17(3)4/h7-12,15-17,24,29H,13-14H2,1-6H3/b25-23-. The lowest BCUT2D eigenvalue weighted by Gasteiger charge is -2.26. The van der Waals surface area contributed by atoms with Gasteiger partial charge in [-0.15, -0.1) is 0 Å². The summed E-state index contributed by atoms with van der Waals surface area (Å²) in [5.74, 6) is -0.246. The molecule has 1 heterocycles. The fourth-order valence-corrected chi connectivity index (χ4v) is 3.97. The quantitative estimate of drug-likeness (QED) is 0.329. The summed E-state index contributed by atoms with van der Waals surface area (Å²) in [4.78, 5) is 27.6. The summed E-state index contributed by atoms with van der Waals surface area (Å²) < 4.78 is 16.7. The molecular weight excluding hydrogens is 434 g/mol. The fraction of sp³-hybridized carbons (Fsp3) is 0.407. The van der Waals surface area contributed by atoms with Crippen molar-refractivity contribution in [2.75, 3.05) is 20.3 Å². The Labute approximate surface area is 200 Å². The molecule has 1 saturated heterocycles. The molecule has 3 rings (SSSR count). The number of Topliss-reactive ketones (excluding diaryl/α,β-unsaturated/α-hetero) is 1. The van der Waals surface area contributed by atoms with E-state index in [9.17, 15) is 14.7 Å². The number of benzene rings is 2. The fourth-order valence-electron chi connectivity index (χ4n) is 3.97. The number of aliphatic hydroxyl groups is 1. The molecule has 0 spiro atoms. The van der Waals surface area contributed by atoms with E-state index in [1.165, 1.54) is 4.90 Å². The van der Waals surface area contributed by atoms with E-state index in [-0.39, 0.29) is 36.7 Å². The number of likely N-dealkylation sites (tertiary alicyclic amines) is 1. The van der Waals surface area contributed by atoms with E-state index in [0.717, 1.165) is 5.56 Å². The monoisotopic (exact) mass is 467 g/mol. The highest BCUT2D eigenvalue weighted by Gasteiger charge is 2.46. The van der Waals surface area contributed by atoms with Crippen LogP contribution in [0.2, 0.25) is 0 Å². The van der Waals surface area contributed by atoms with Crippen molar-refractivity contribution >= 4 is 17.4 Å². The number of hydrogen-bond acceptors (Lipinski definition) is 6. The molecule has 0 radical (unpaired) electrons. The molecular formula is C27H33NO6. The molecule has 2 aromatic rings. The van der Waals surface area contributed by atoms with Crippen molar-refractivity contribution in [1.29, 1.82) is 0 Å². The first kappa shape index (κ1) is 25.3. The Bertz CT molecular complexity index is 1070. The van der Waals surface area contributed by atoms with Crippen molar-refractivity contribution < 1.29 is 28.9 Å². The Balaban J connectivity index is 2.07. The first-order chi connectivity index (χ1) is 16.1. The molecule has 1 aliphatic rings. The van der Waals surface area contributed by atoms with Crippen molar-refractivity contribution in [2.45, 2.75) is 52.9 Å². The smallest absolute Gasteiger partial charge is 0.295 e. The van der Waals surface area contributed by atoms with Crippen molar-refractivity contribution in [3.8, 4) is 11.5 Å². The minimum Gasteiger partial charge on any atom is -0.507 e. The minimum absolute atomic E-state index is 0.00611. The Morgan fingerprint density at radius 1 is 1.03 bits per heavy atom. The lowest BCUT2D eigenvalue weighted by atomic mass is 9.94. The van der Waals surface area contributed by atoms with Crippen LogP contribution in [0.15, 0.2) is 48.0 Å². The van der Waals surface area contributed by atoms with E-state index in [0.29, 0.717) is 22.6 Å². The van der Waals surface area contributed by atoms with Gasteiger partial charge in [-0.2, -0.15) is 0 Å². The van der Waals surface area contributed by atoms with E-state index in [1.54, 1.807) is 49.6 Å². The first-order valence-electron chi connectivity index (χ1n) is 11.5. The van der Waals surface area contributed by atoms with Gasteiger partial charge in [0, 0.05) is 12.1 Å². The number of ketones is 1. The summed E-state index contributed by atoms with van der Waals surface area (Å²) in [6, 6.07) is 11.6. The zero-order valence-electron chi connectivity index (χ0n) is 20.6. The number of methoxy groups -OCH3 is 1. The Kier molecular flexibility index (Phi) is 7.99. The molecule has 0 aliphatic carbocycles. The number of aryl methyl sites for hydroxylation is 1. The molecule has 7 nitrogen and oxygen atoms in total. The Morgan fingerprint density at radius 2 is 1.71 bits per heavy atom. The highest BCUT2D eigenvalue weighted by atomic mass is 16.5. The van der Waals surface area contributed by atoms with Crippen LogP contribution in [0.1, 0.15) is 50.4 Å². The SMILES string of the molecule is COc1ccc(C2/C(=C(/O)c3ccc(OC(C)C)c(C)c3)C(=O)C(=O)N2CCOC(C)C)cc1. The van der Waals surface area contributed by atoms with Gasteiger partial charge in [0.15, 0.2) is 0 Å². The van der Waals surface area contributed by atoms with E-state index in [2.05, 4.69) is 0 Å². The van der Waals surface area contributed by atoms with Crippen LogP contribution in [0.5, 0.6) is 11.5 Å². The van der Waals surface area contributed by atoms with Gasteiger partial charge in [-0.1, -0.05) is 12.1 Å². The lowest BCUT2D eigenvalue weighted by Crippen LogP contribution is -2.33. The second kappa shape index (κ2) is 10.7. The number of rotatable bonds is 9. The molecule has 0 aromatic heterocycles. The number of aliphatic hydroxyl groups excluding tert-OH is 1. The number of amides is 1. The maximum absolute atomic E-state index is 13.1. The number of ether oxygens (including phenoxy) is 3. The molecule has 1 aliphatic heterocycles. The van der Waals surface area contributed by atoms with Crippen LogP contribution in [-0.4, -0.2) is 54.2 Å². The maximum Gasteiger partial charge on any atom is 0.295 e. The summed E-state index contributed by atoms with van der Waals surface area (Å²) in [6.45, 7) is 10.1. The number of nitrogens with zero attached hydrogens (tertiary/aromatic N) is 1. The predicted octanol–water partition coefficient (Wildman–Crippen LogP) is 4.64. The van der Waals surface area contributed by atoms with Crippen LogP contribution in [0.4, 0.5) is 0 Å². The summed E-state index contributed by atoms with van der Waals surface area (Å²) in [7, 11) is 1.57. The summed E-state index contributed by atoms with van der Waals surface area (Å²) >= 11 is 0. The second-order valence-electron chi connectivity index (χ2n) is 8.83. The van der Waals surface area contributed by atoms with Crippen molar-refractivity contribution in [3.63, 3.8) is 0 Å². The van der Waals surface area contributed by atoms with Gasteiger partial charge in [0.05, 0.1) is 37.5 Å². The van der Waals surface area contributed by atoms with Crippen LogP contribution >= 0.6 is 0 Å². The molecule has 1 fully saturated rings. The molecule has 1 atom stereocenters. The van der Waals surface area contributed by atoms with Crippen LogP contribution in [-0.2, 0) is 14.3 Å². The van der Waals surface area contributed by atoms with Gasteiger partial charge >= 0.3 is 0 Å². The average molecular weight is 468 g/mol. The van der Waals surface area contributed by atoms with Gasteiger partial charge < -0.3 is 24.2 Å². The molecule has 34 heavy (non-hydrogen) atoms. The van der Waals surface area contributed by atoms with Crippen molar-refractivity contribution in [2.24, 2.45) is 0 Å². The summed E-state index contributed by atoms with van der Waals surface area (Å²) in [5.41, 5.74) is 2.01. The molecule has 7 heteroatoms. The topological polar surface area (TPSA) is 85.3 Å². The third-order valence-corrected chi connectivity index (χ3v) is 5.57. The predicted molar refractivity (Wildman–Crippen MR) is 130 cm³/mol. The van der Waals surface area contributed by atoms with Gasteiger partial charge in [0.25, 0.3) is 11.7 Å².